The summed E-state index contributed by atoms with van der Waals surface area (Å²) in [5, 5.41) is 8.90. The summed E-state index contributed by atoms with van der Waals surface area (Å²) in [6.45, 7) is 2.04. The Labute approximate surface area is 111 Å². The Morgan fingerprint density at radius 2 is 2.33 bits per heavy atom. The van der Waals surface area contributed by atoms with Gasteiger partial charge in [0.2, 0.25) is 0 Å². The summed E-state index contributed by atoms with van der Waals surface area (Å²) in [7, 11) is 1.67. The molecule has 18 heavy (non-hydrogen) atoms. The number of carboxylic acids is 1. The zero-order valence-corrected chi connectivity index (χ0v) is 11.3. The van der Waals surface area contributed by atoms with E-state index in [1.54, 1.807) is 7.11 Å². The zero-order chi connectivity index (χ0) is 13.1. The van der Waals surface area contributed by atoms with Gasteiger partial charge in [-0.15, -0.1) is 11.8 Å². The number of rotatable bonds is 5. The van der Waals surface area contributed by atoms with Crippen molar-refractivity contribution in [3.05, 3.63) is 35.4 Å². The molecule has 1 aromatic carbocycles. The molecule has 3 nitrogen and oxygen atoms in total. The van der Waals surface area contributed by atoms with Crippen molar-refractivity contribution in [3.63, 3.8) is 0 Å². The van der Waals surface area contributed by atoms with Gasteiger partial charge in [-0.3, -0.25) is 4.79 Å². The summed E-state index contributed by atoms with van der Waals surface area (Å²) in [5.41, 5.74) is 3.59. The fraction of sp³-hybridized carbons (Fsp3) is 0.357. The molecular weight excluding hydrogens is 248 g/mol. The third-order valence-electron chi connectivity index (χ3n) is 3.06. The highest BCUT2D eigenvalue weighted by Gasteiger charge is 2.23. The molecule has 0 fully saturated rings. The summed E-state index contributed by atoms with van der Waals surface area (Å²) < 4.78 is 5.40. The highest BCUT2D eigenvalue weighted by atomic mass is 32.2. The quantitative estimate of drug-likeness (QED) is 0.888. The van der Waals surface area contributed by atoms with Gasteiger partial charge in [-0.1, -0.05) is 18.2 Å². The Kier molecular flexibility index (Phi) is 3.97. The molecule has 0 radical (unpaired) electrons. The first kappa shape index (κ1) is 13.0. The second-order valence-electron chi connectivity index (χ2n) is 4.20. The molecule has 1 atom stereocenters. The second kappa shape index (κ2) is 5.48. The van der Waals surface area contributed by atoms with Crippen molar-refractivity contribution >= 4 is 23.3 Å². The van der Waals surface area contributed by atoms with Gasteiger partial charge in [0.15, 0.2) is 0 Å². The van der Waals surface area contributed by atoms with Gasteiger partial charge in [0.1, 0.15) is 5.75 Å². The lowest BCUT2D eigenvalue weighted by Crippen LogP contribution is -2.07. The van der Waals surface area contributed by atoms with Crippen LogP contribution >= 0.6 is 11.8 Å². The average molecular weight is 264 g/mol. The lowest BCUT2D eigenvalue weighted by molar-refractivity contribution is -0.133. The van der Waals surface area contributed by atoms with Crippen molar-refractivity contribution < 1.29 is 14.6 Å². The van der Waals surface area contributed by atoms with E-state index in [0.29, 0.717) is 0 Å². The summed E-state index contributed by atoms with van der Waals surface area (Å²) >= 11 is 1.44. The van der Waals surface area contributed by atoms with Gasteiger partial charge in [0.05, 0.1) is 12.9 Å². The predicted molar refractivity (Wildman–Crippen MR) is 74.2 cm³/mol. The SMILES string of the molecule is COc1cccc2c1C(C(C)SCC(=O)O)=CC2. The van der Waals surface area contributed by atoms with Crippen molar-refractivity contribution in [1.82, 2.24) is 0 Å². The molecule has 1 aliphatic rings. The van der Waals surface area contributed by atoms with Crippen LogP contribution in [0, 0.1) is 0 Å². The largest absolute Gasteiger partial charge is 0.496 e. The number of thioether (sulfide) groups is 1. The lowest BCUT2D eigenvalue weighted by Gasteiger charge is -2.16. The summed E-state index contributed by atoms with van der Waals surface area (Å²) in [6.07, 6.45) is 3.08. The maximum absolute atomic E-state index is 10.6. The monoisotopic (exact) mass is 264 g/mol. The molecule has 0 spiro atoms. The number of hydrogen-bond acceptors (Lipinski definition) is 3. The van der Waals surface area contributed by atoms with Crippen LogP contribution in [-0.4, -0.2) is 29.2 Å². The molecule has 0 saturated heterocycles. The van der Waals surface area contributed by atoms with E-state index in [2.05, 4.69) is 12.1 Å². The minimum Gasteiger partial charge on any atom is -0.496 e. The molecular formula is C14H16O3S. The van der Waals surface area contributed by atoms with Crippen LogP contribution in [0.5, 0.6) is 5.75 Å². The molecule has 0 aliphatic heterocycles. The molecule has 0 saturated carbocycles. The topological polar surface area (TPSA) is 46.5 Å². The average Bonchev–Trinajstić information content (AvgIpc) is 2.79. The van der Waals surface area contributed by atoms with Crippen LogP contribution in [0.2, 0.25) is 0 Å². The number of fused-ring (bicyclic) bond motifs is 1. The third-order valence-corrected chi connectivity index (χ3v) is 4.23. The number of carbonyl (C=O) groups is 1. The van der Waals surface area contributed by atoms with Crippen LogP contribution < -0.4 is 4.74 Å². The minimum absolute atomic E-state index is 0.128. The Morgan fingerprint density at radius 1 is 1.56 bits per heavy atom. The van der Waals surface area contributed by atoms with Crippen molar-refractivity contribution in [2.75, 3.05) is 12.9 Å². The van der Waals surface area contributed by atoms with Crippen LogP contribution in [0.15, 0.2) is 24.3 Å². The minimum atomic E-state index is -0.773. The Balaban J connectivity index is 2.22. The molecule has 1 aliphatic carbocycles. The molecule has 4 heteroatoms. The molecule has 0 bridgehead atoms. The smallest absolute Gasteiger partial charge is 0.313 e. The van der Waals surface area contributed by atoms with E-state index in [1.807, 2.05) is 19.1 Å². The van der Waals surface area contributed by atoms with Gasteiger partial charge >= 0.3 is 5.97 Å². The molecule has 1 N–H and O–H groups in total. The van der Waals surface area contributed by atoms with Crippen molar-refractivity contribution in [2.24, 2.45) is 0 Å². The molecule has 0 heterocycles. The number of aliphatic carboxylic acids is 1. The number of allylic oxidation sites excluding steroid dienone is 1. The van der Waals surface area contributed by atoms with E-state index in [0.717, 1.165) is 17.7 Å². The molecule has 0 aromatic heterocycles. The fourth-order valence-electron chi connectivity index (χ4n) is 2.22. The van der Waals surface area contributed by atoms with Crippen molar-refractivity contribution in [2.45, 2.75) is 18.6 Å². The van der Waals surface area contributed by atoms with Crippen LogP contribution in [0.3, 0.4) is 0 Å². The van der Waals surface area contributed by atoms with E-state index in [-0.39, 0.29) is 11.0 Å². The van der Waals surface area contributed by atoms with Crippen LogP contribution in [-0.2, 0) is 11.2 Å². The molecule has 1 unspecified atom stereocenters. The van der Waals surface area contributed by atoms with Gasteiger partial charge in [0, 0.05) is 10.8 Å². The summed E-state index contributed by atoms with van der Waals surface area (Å²) in [6, 6.07) is 6.03. The van der Waals surface area contributed by atoms with E-state index in [1.165, 1.54) is 22.9 Å². The van der Waals surface area contributed by atoms with Crippen LogP contribution in [0.4, 0.5) is 0 Å². The Morgan fingerprint density at radius 3 is 3.00 bits per heavy atom. The predicted octanol–water partition coefficient (Wildman–Crippen LogP) is 2.84. The number of methoxy groups -OCH3 is 1. The second-order valence-corrected chi connectivity index (χ2v) is 5.53. The maximum atomic E-state index is 10.6. The molecule has 96 valence electrons. The van der Waals surface area contributed by atoms with Crippen molar-refractivity contribution in [3.8, 4) is 5.75 Å². The van der Waals surface area contributed by atoms with Gasteiger partial charge in [-0.25, -0.2) is 0 Å². The summed E-state index contributed by atoms with van der Waals surface area (Å²) in [4.78, 5) is 10.6. The number of ether oxygens (including phenoxy) is 1. The van der Waals surface area contributed by atoms with Gasteiger partial charge in [-0.2, -0.15) is 0 Å². The zero-order valence-electron chi connectivity index (χ0n) is 10.5. The third kappa shape index (κ3) is 2.53. The first-order chi connectivity index (χ1) is 8.63. The van der Waals surface area contributed by atoms with Gasteiger partial charge in [-0.05, 0) is 30.5 Å². The van der Waals surface area contributed by atoms with E-state index in [4.69, 9.17) is 9.84 Å². The van der Waals surface area contributed by atoms with Gasteiger partial charge < -0.3 is 9.84 Å². The van der Waals surface area contributed by atoms with E-state index < -0.39 is 5.97 Å². The van der Waals surface area contributed by atoms with E-state index in [9.17, 15) is 4.79 Å². The first-order valence-electron chi connectivity index (χ1n) is 5.83. The Hall–Kier alpha value is -1.42. The highest BCUT2D eigenvalue weighted by molar-refractivity contribution is 8.00. The standard InChI is InChI=1S/C14H16O3S/c1-9(18-8-13(15)16)11-7-6-10-4-3-5-12(17-2)14(10)11/h3-5,7,9H,6,8H2,1-2H3,(H,15,16). The molecule has 2 rings (SSSR count). The van der Waals surface area contributed by atoms with Crippen LogP contribution in [0.25, 0.3) is 5.57 Å². The summed E-state index contributed by atoms with van der Waals surface area (Å²) in [5.74, 6) is 0.230. The van der Waals surface area contributed by atoms with Crippen LogP contribution in [0.1, 0.15) is 18.1 Å². The first-order valence-corrected chi connectivity index (χ1v) is 6.88. The maximum Gasteiger partial charge on any atom is 0.313 e. The lowest BCUT2D eigenvalue weighted by atomic mass is 10.0. The fourth-order valence-corrected chi connectivity index (χ4v) is 3.01. The molecule has 1 aromatic rings. The highest BCUT2D eigenvalue weighted by Crippen LogP contribution is 2.40. The number of carboxylic acid groups (broad SMARTS) is 1. The van der Waals surface area contributed by atoms with Crippen molar-refractivity contribution in [1.29, 1.82) is 0 Å². The molecule has 0 amide bonds. The van der Waals surface area contributed by atoms with E-state index >= 15 is 0 Å². The number of hydrogen-bond donors (Lipinski definition) is 1. The normalized spacial score (nSPS) is 14.9. The number of benzene rings is 1. The Bertz CT molecular complexity index is 494. The van der Waals surface area contributed by atoms with Gasteiger partial charge in [0.25, 0.3) is 0 Å².